The van der Waals surface area contributed by atoms with Gasteiger partial charge in [0, 0.05) is 120 Å². The van der Waals surface area contributed by atoms with E-state index in [2.05, 4.69) is 58.6 Å². The molecule has 0 spiro atoms. The first-order valence-corrected chi connectivity index (χ1v) is 27.5. The van der Waals surface area contributed by atoms with Crippen LogP contribution in [0.2, 0.25) is 0 Å². The van der Waals surface area contributed by atoms with Crippen LogP contribution in [-0.4, -0.2) is 165 Å². The number of β-amino-alcohol motifs (C(OH)–C–C–N with tert-alkyl or cyclic N) is 1. The number of piperazine rings is 2. The summed E-state index contributed by atoms with van der Waals surface area (Å²) in [6, 6.07) is 23.3. The maximum absolute atomic E-state index is 14.3. The van der Waals surface area contributed by atoms with Crippen LogP contribution in [0.1, 0.15) is 94.6 Å². The normalized spacial score (nSPS) is 24.2. The molecular weight excluding hydrogens is 995 g/mol. The number of carbonyl (C=O) groups is 3. The standard InChI is InChI=1S/C57H69N13O8/c1-34(2)53(56(74)69-33-41(71)25-48(69)55(73)61-35(3)37-10-8-36(30-58)9-11-37)50-29-51(64-78-50)65-20-22-67(23-21-65)57(75)66-18-15-42(16-19-66)76-43-26-44(27-43)77-52-24-38(14-17-60-52)70-39-12-13-40(70)32-68(31-39)47-28-46(62-63-54(47)59)45-6-4-5-7-49(45)72/h4-11,14,17,24,28-29,34-35,39-44,48,53,71-72H,12-13,15-16,18-23,25-27,31-33H2,1-3H3,(H2,59,63)(H,61,73)/t35-,39?,40?,41+,43?,44?,48-,53-/m0/s1. The van der Waals surface area contributed by atoms with E-state index < -0.39 is 18.1 Å². The molecule has 0 radical (unpaired) electrons. The number of aromatic hydroxyl groups is 1. The van der Waals surface area contributed by atoms with Crippen LogP contribution in [-0.2, 0) is 14.3 Å². The smallest absolute Gasteiger partial charge is 0.320 e. The lowest BCUT2D eigenvalue weighted by Gasteiger charge is -2.43. The van der Waals surface area contributed by atoms with E-state index in [1.54, 1.807) is 42.5 Å². The van der Waals surface area contributed by atoms with E-state index in [4.69, 9.17) is 25.0 Å². The second kappa shape index (κ2) is 22.3. The Labute approximate surface area is 453 Å². The number of fused-ring (bicyclic) bond motifs is 2. The molecule has 5 aromatic rings. The third-order valence-corrected chi connectivity index (χ3v) is 16.6. The molecular formula is C57H69N13O8. The Kier molecular flexibility index (Phi) is 15.0. The molecule has 78 heavy (non-hydrogen) atoms. The molecule has 6 aliphatic rings. The number of carbonyl (C=O) groups excluding carboxylic acids is 3. The number of ether oxygens (including phenoxy) is 2. The van der Waals surface area contributed by atoms with Gasteiger partial charge < -0.3 is 64.7 Å². The fraction of sp³-hybridized carbons (Fsp3) is 0.509. The number of nitrogens with one attached hydrogen (secondary N) is 1. The van der Waals surface area contributed by atoms with Gasteiger partial charge >= 0.3 is 6.03 Å². The van der Waals surface area contributed by atoms with Gasteiger partial charge in [-0.1, -0.05) is 43.3 Å². The highest BCUT2D eigenvalue weighted by Crippen LogP contribution is 2.41. The number of phenols is 1. The molecule has 5 aliphatic heterocycles. The second-order valence-electron chi connectivity index (χ2n) is 22.1. The predicted molar refractivity (Wildman–Crippen MR) is 290 cm³/mol. The lowest BCUT2D eigenvalue weighted by Crippen LogP contribution is -2.55. The summed E-state index contributed by atoms with van der Waals surface area (Å²) in [5, 5.41) is 46.2. The van der Waals surface area contributed by atoms with Gasteiger partial charge in [-0.3, -0.25) is 9.59 Å². The summed E-state index contributed by atoms with van der Waals surface area (Å²) in [5.74, 6) is 0.498. The number of nitrogens with zero attached hydrogens (tertiary/aromatic N) is 11. The van der Waals surface area contributed by atoms with Crippen molar-refractivity contribution in [3.05, 3.63) is 95.9 Å². The average Bonchev–Trinajstić information content (AvgIpc) is 4.31. The van der Waals surface area contributed by atoms with Crippen LogP contribution in [0.15, 0.2) is 83.5 Å². The van der Waals surface area contributed by atoms with Crippen LogP contribution < -0.4 is 30.5 Å². The molecule has 2 bridgehead atoms. The van der Waals surface area contributed by atoms with Crippen molar-refractivity contribution in [2.45, 2.75) is 120 Å². The molecule has 8 heterocycles. The third-order valence-electron chi connectivity index (χ3n) is 16.6. The largest absolute Gasteiger partial charge is 0.507 e. The second-order valence-corrected chi connectivity index (χ2v) is 22.1. The molecule has 2 unspecified atom stereocenters. The van der Waals surface area contributed by atoms with E-state index in [0.29, 0.717) is 79.4 Å². The number of anilines is 4. The van der Waals surface area contributed by atoms with Crippen molar-refractivity contribution in [1.82, 2.24) is 40.4 Å². The Hall–Kier alpha value is -7.70. The van der Waals surface area contributed by atoms with Gasteiger partial charge in [0.1, 0.15) is 23.8 Å². The Morgan fingerprint density at radius 1 is 0.821 bits per heavy atom. The number of phenolic OH excluding ortho intramolecular Hbond substituents is 1. The van der Waals surface area contributed by atoms with Crippen molar-refractivity contribution in [2.24, 2.45) is 5.92 Å². The molecule has 5 saturated heterocycles. The zero-order valence-corrected chi connectivity index (χ0v) is 44.4. The summed E-state index contributed by atoms with van der Waals surface area (Å²) in [6.07, 6.45) is 6.51. The number of amides is 4. The Bertz CT molecular complexity index is 2990. The Morgan fingerprint density at radius 2 is 1.54 bits per heavy atom. The highest BCUT2D eigenvalue weighted by Gasteiger charge is 2.45. The highest BCUT2D eigenvalue weighted by atomic mass is 16.5. The topological polar surface area (TPSA) is 256 Å². The van der Waals surface area contributed by atoms with Crippen LogP contribution in [0.4, 0.5) is 27.8 Å². The Morgan fingerprint density at radius 3 is 2.24 bits per heavy atom. The first kappa shape index (κ1) is 52.4. The van der Waals surface area contributed by atoms with Crippen LogP contribution in [0.5, 0.6) is 11.6 Å². The average molecular weight is 1060 g/mol. The molecule has 6 atom stereocenters. The van der Waals surface area contributed by atoms with E-state index in [1.165, 1.54) is 4.90 Å². The van der Waals surface area contributed by atoms with Gasteiger partial charge in [-0.05, 0) is 80.5 Å². The number of hydrogen-bond donors (Lipinski definition) is 4. The number of piperidine rings is 1. The van der Waals surface area contributed by atoms with E-state index in [9.17, 15) is 24.6 Å². The molecule has 3 aromatic heterocycles. The quantitative estimate of drug-likeness (QED) is 0.108. The molecule has 1 saturated carbocycles. The van der Waals surface area contributed by atoms with E-state index in [1.807, 2.05) is 55.0 Å². The first-order valence-electron chi connectivity index (χ1n) is 27.5. The van der Waals surface area contributed by atoms with Crippen molar-refractivity contribution in [2.75, 3.05) is 79.3 Å². The zero-order chi connectivity index (χ0) is 54.2. The van der Waals surface area contributed by atoms with Crippen molar-refractivity contribution in [3.8, 4) is 29.0 Å². The number of aliphatic hydroxyl groups is 1. The molecule has 6 fully saturated rings. The predicted octanol–water partition coefficient (Wildman–Crippen LogP) is 5.46. The van der Waals surface area contributed by atoms with Crippen LogP contribution in [0, 0.1) is 17.2 Å². The summed E-state index contributed by atoms with van der Waals surface area (Å²) < 4.78 is 18.8. The summed E-state index contributed by atoms with van der Waals surface area (Å²) in [6.45, 7) is 10.6. The fourth-order valence-corrected chi connectivity index (χ4v) is 12.3. The molecule has 1 aliphatic carbocycles. The fourth-order valence-electron chi connectivity index (χ4n) is 12.3. The van der Waals surface area contributed by atoms with Gasteiger partial charge in [-0.2, -0.15) is 5.26 Å². The number of aliphatic hydroxyl groups excluding tert-OH is 1. The third kappa shape index (κ3) is 10.9. The number of rotatable bonds is 14. The molecule has 11 rings (SSSR count). The van der Waals surface area contributed by atoms with Crippen LogP contribution >= 0.6 is 0 Å². The van der Waals surface area contributed by atoms with Gasteiger partial charge in [-0.25, -0.2) is 9.78 Å². The number of benzene rings is 2. The number of pyridine rings is 1. The number of nitrogens with two attached hydrogens (primary N) is 1. The minimum absolute atomic E-state index is 0.0185. The van der Waals surface area contributed by atoms with Crippen molar-refractivity contribution >= 4 is 40.9 Å². The van der Waals surface area contributed by atoms with Crippen molar-refractivity contribution in [1.29, 1.82) is 5.26 Å². The van der Waals surface area contributed by atoms with Gasteiger partial charge in [-0.15, -0.1) is 10.2 Å². The minimum Gasteiger partial charge on any atom is -0.507 e. The van der Waals surface area contributed by atoms with Gasteiger partial charge in [0.2, 0.25) is 17.7 Å². The van der Waals surface area contributed by atoms with Gasteiger partial charge in [0.25, 0.3) is 0 Å². The summed E-state index contributed by atoms with van der Waals surface area (Å²) in [4.78, 5) is 58.4. The monoisotopic (exact) mass is 1060 g/mol. The maximum atomic E-state index is 14.3. The number of nitrogen functional groups attached to an aromatic ring is 1. The highest BCUT2D eigenvalue weighted by molar-refractivity contribution is 5.91. The number of para-hydroxylation sites is 1. The first-order chi connectivity index (χ1) is 37.8. The van der Waals surface area contributed by atoms with Gasteiger partial charge in [0.15, 0.2) is 17.4 Å². The van der Waals surface area contributed by atoms with Crippen LogP contribution in [0.3, 0.4) is 0 Å². The van der Waals surface area contributed by atoms with Crippen molar-refractivity contribution in [3.63, 3.8) is 0 Å². The number of urea groups is 1. The van der Waals surface area contributed by atoms with E-state index >= 15 is 0 Å². The SMILES string of the molecule is CC(C)[C@H](C(=O)N1C[C@H](O)C[C@H]1C(=O)N[C@@H](C)c1ccc(C#N)cc1)c1cc(N2CCN(C(=O)N3CCC(OC4CC(Oc5cc(N6C7CCC6CN(c6cc(-c8ccccc8O)nnc6N)C7)ccn5)C4)CC3)CC2)no1. The number of aromatic nitrogens is 4. The molecule has 4 amide bonds. The lowest BCUT2D eigenvalue weighted by molar-refractivity contribution is -0.141. The zero-order valence-electron chi connectivity index (χ0n) is 44.4. The minimum atomic E-state index is -0.865. The molecule has 2 aromatic carbocycles. The Balaban J connectivity index is 0.609. The summed E-state index contributed by atoms with van der Waals surface area (Å²) in [5.41, 5.74) is 10.9. The molecule has 410 valence electrons. The number of likely N-dealkylation sites (tertiary alicyclic amines) is 2. The molecule has 21 nitrogen and oxygen atoms in total. The van der Waals surface area contributed by atoms with Gasteiger partial charge in [0.05, 0.1) is 47.4 Å². The van der Waals surface area contributed by atoms with Crippen LogP contribution in [0.25, 0.3) is 11.3 Å². The van der Waals surface area contributed by atoms with E-state index in [-0.39, 0.29) is 78.9 Å². The number of nitriles is 1. The van der Waals surface area contributed by atoms with Crippen molar-refractivity contribution < 1.29 is 38.6 Å². The molecule has 21 heteroatoms. The maximum Gasteiger partial charge on any atom is 0.320 e. The summed E-state index contributed by atoms with van der Waals surface area (Å²) >= 11 is 0. The molecule has 5 N–H and O–H groups in total. The lowest BCUT2D eigenvalue weighted by atomic mass is 9.91. The number of hydrogen-bond acceptors (Lipinski definition) is 17. The van der Waals surface area contributed by atoms with E-state index in [0.717, 1.165) is 68.6 Å². The summed E-state index contributed by atoms with van der Waals surface area (Å²) in [7, 11) is 0.